The Hall–Kier alpha value is -3.07. The molecule has 1 atom stereocenters. The topological polar surface area (TPSA) is 40.7 Å². The van der Waals surface area contributed by atoms with Crippen LogP contribution in [0.3, 0.4) is 0 Å². The van der Waals surface area contributed by atoms with Crippen molar-refractivity contribution in [3.63, 3.8) is 0 Å². The van der Waals surface area contributed by atoms with Gasteiger partial charge in [0.25, 0.3) is 0 Å². The van der Waals surface area contributed by atoms with Crippen molar-refractivity contribution in [1.82, 2.24) is 9.97 Å². The van der Waals surface area contributed by atoms with Crippen molar-refractivity contribution in [2.45, 2.75) is 26.8 Å². The van der Waals surface area contributed by atoms with Gasteiger partial charge in [0.15, 0.2) is 0 Å². The quantitative estimate of drug-likeness (QED) is 0.500. The van der Waals surface area contributed by atoms with Gasteiger partial charge in [-0.15, -0.1) is 0 Å². The molecule has 1 unspecified atom stereocenters. The van der Waals surface area contributed by atoms with Crippen molar-refractivity contribution >= 4 is 16.6 Å². The Morgan fingerprint density at radius 1 is 0.885 bits per heavy atom. The van der Waals surface area contributed by atoms with Crippen LogP contribution in [0.15, 0.2) is 67.0 Å². The maximum Gasteiger partial charge on any atom is 0.0792 e. The van der Waals surface area contributed by atoms with Gasteiger partial charge in [0.05, 0.1) is 6.04 Å². The molecule has 0 fully saturated rings. The summed E-state index contributed by atoms with van der Waals surface area (Å²) in [5, 5.41) is 5.00. The molecular weight excluding hydrogens is 318 g/mol. The summed E-state index contributed by atoms with van der Waals surface area (Å²) < 4.78 is 0. The van der Waals surface area contributed by atoms with E-state index in [1.807, 2.05) is 12.4 Å². The number of hydrogen-bond acceptors (Lipinski definition) is 2. The standard InChI is InChI=1S/C23H23N3/c1-15-8-9-19(14-16(15)2)26-23(18-10-12-24-13-11-18)22-17(3)25-21-7-5-4-6-20(21)22/h4-14,23,25-26H,1-3H3. The van der Waals surface area contributed by atoms with Crippen molar-refractivity contribution in [3.05, 3.63) is 94.9 Å². The van der Waals surface area contributed by atoms with Gasteiger partial charge in [-0.25, -0.2) is 0 Å². The van der Waals surface area contributed by atoms with E-state index in [1.165, 1.54) is 38.9 Å². The zero-order valence-corrected chi connectivity index (χ0v) is 15.4. The second kappa shape index (κ2) is 6.68. The lowest BCUT2D eigenvalue weighted by Gasteiger charge is -2.22. The molecule has 2 heterocycles. The van der Waals surface area contributed by atoms with E-state index in [4.69, 9.17) is 0 Å². The Bertz CT molecular complexity index is 1050. The molecule has 4 rings (SSSR count). The van der Waals surface area contributed by atoms with Crippen LogP contribution in [0.2, 0.25) is 0 Å². The molecule has 0 saturated heterocycles. The smallest absolute Gasteiger partial charge is 0.0792 e. The first-order valence-electron chi connectivity index (χ1n) is 8.94. The minimum absolute atomic E-state index is 0.0521. The molecule has 2 aromatic carbocycles. The Morgan fingerprint density at radius 3 is 2.42 bits per heavy atom. The number of pyridine rings is 1. The molecule has 0 aliphatic carbocycles. The van der Waals surface area contributed by atoms with E-state index in [-0.39, 0.29) is 6.04 Å². The molecule has 26 heavy (non-hydrogen) atoms. The maximum absolute atomic E-state index is 4.19. The fourth-order valence-electron chi connectivity index (χ4n) is 3.55. The third-order valence-corrected chi connectivity index (χ3v) is 5.09. The molecule has 130 valence electrons. The Balaban J connectivity index is 1.85. The number of aryl methyl sites for hydroxylation is 3. The van der Waals surface area contributed by atoms with Gasteiger partial charge in [-0.05, 0) is 67.8 Å². The van der Waals surface area contributed by atoms with Gasteiger partial charge < -0.3 is 10.3 Å². The van der Waals surface area contributed by atoms with Crippen LogP contribution in [-0.2, 0) is 0 Å². The second-order valence-electron chi connectivity index (χ2n) is 6.87. The van der Waals surface area contributed by atoms with E-state index in [1.54, 1.807) is 0 Å². The van der Waals surface area contributed by atoms with Crippen LogP contribution in [0.4, 0.5) is 5.69 Å². The predicted octanol–water partition coefficient (Wildman–Crippen LogP) is 5.69. The molecule has 3 heteroatoms. The number of aromatic nitrogens is 2. The Morgan fingerprint density at radius 2 is 1.65 bits per heavy atom. The fraction of sp³-hybridized carbons (Fsp3) is 0.174. The molecular formula is C23H23N3. The number of aromatic amines is 1. The van der Waals surface area contributed by atoms with Crippen LogP contribution < -0.4 is 5.32 Å². The number of fused-ring (bicyclic) bond motifs is 1. The largest absolute Gasteiger partial charge is 0.374 e. The van der Waals surface area contributed by atoms with Crippen LogP contribution in [-0.4, -0.2) is 9.97 Å². The number of nitrogens with zero attached hydrogens (tertiary/aromatic N) is 1. The molecule has 2 aromatic heterocycles. The van der Waals surface area contributed by atoms with Gasteiger partial charge in [-0.1, -0.05) is 24.3 Å². The summed E-state index contributed by atoms with van der Waals surface area (Å²) in [6.45, 7) is 6.44. The second-order valence-corrected chi connectivity index (χ2v) is 6.87. The first-order chi connectivity index (χ1) is 12.6. The fourth-order valence-corrected chi connectivity index (χ4v) is 3.55. The normalized spacial score (nSPS) is 12.3. The van der Waals surface area contributed by atoms with Gasteiger partial charge in [-0.3, -0.25) is 4.98 Å². The molecule has 0 radical (unpaired) electrons. The number of H-pyrrole nitrogens is 1. The van der Waals surface area contributed by atoms with Gasteiger partial charge in [0, 0.05) is 40.2 Å². The third kappa shape index (κ3) is 2.97. The summed E-state index contributed by atoms with van der Waals surface area (Å²) in [6, 6.07) is 19.2. The van der Waals surface area contributed by atoms with Crippen LogP contribution in [0.5, 0.6) is 0 Å². The van der Waals surface area contributed by atoms with Crippen molar-refractivity contribution < 1.29 is 0 Å². The average molecular weight is 341 g/mol. The highest BCUT2D eigenvalue weighted by molar-refractivity contribution is 5.86. The molecule has 0 amide bonds. The molecule has 2 N–H and O–H groups in total. The summed E-state index contributed by atoms with van der Waals surface area (Å²) in [4.78, 5) is 7.72. The van der Waals surface area contributed by atoms with E-state index in [2.05, 4.69) is 90.7 Å². The van der Waals surface area contributed by atoms with Crippen molar-refractivity contribution in [2.75, 3.05) is 5.32 Å². The monoisotopic (exact) mass is 341 g/mol. The lowest BCUT2D eigenvalue weighted by molar-refractivity contribution is 0.927. The Kier molecular flexibility index (Phi) is 4.21. The SMILES string of the molecule is Cc1ccc(NC(c2ccncc2)c2c(C)[nH]c3ccccc23)cc1C. The summed E-state index contributed by atoms with van der Waals surface area (Å²) >= 11 is 0. The molecule has 0 spiro atoms. The first-order valence-corrected chi connectivity index (χ1v) is 8.94. The highest BCUT2D eigenvalue weighted by atomic mass is 14.9. The number of rotatable bonds is 4. The van der Waals surface area contributed by atoms with E-state index < -0.39 is 0 Å². The predicted molar refractivity (Wildman–Crippen MR) is 109 cm³/mol. The highest BCUT2D eigenvalue weighted by Crippen LogP contribution is 2.34. The van der Waals surface area contributed by atoms with Crippen molar-refractivity contribution in [2.24, 2.45) is 0 Å². The molecule has 0 aliphatic rings. The molecule has 4 aromatic rings. The number of anilines is 1. The summed E-state index contributed by atoms with van der Waals surface area (Å²) in [7, 11) is 0. The lowest BCUT2D eigenvalue weighted by Crippen LogP contribution is -2.13. The zero-order chi connectivity index (χ0) is 18.1. The average Bonchev–Trinajstić information content (AvgIpc) is 2.99. The van der Waals surface area contributed by atoms with E-state index in [0.29, 0.717) is 0 Å². The lowest BCUT2D eigenvalue weighted by atomic mass is 9.96. The van der Waals surface area contributed by atoms with E-state index in [9.17, 15) is 0 Å². The number of benzene rings is 2. The van der Waals surface area contributed by atoms with Crippen molar-refractivity contribution in [1.29, 1.82) is 0 Å². The van der Waals surface area contributed by atoms with Gasteiger partial charge in [-0.2, -0.15) is 0 Å². The minimum atomic E-state index is 0.0521. The van der Waals surface area contributed by atoms with Gasteiger partial charge in [0.2, 0.25) is 0 Å². The van der Waals surface area contributed by atoms with Crippen molar-refractivity contribution in [3.8, 4) is 0 Å². The summed E-state index contributed by atoms with van der Waals surface area (Å²) in [6.07, 6.45) is 3.71. The molecule has 3 nitrogen and oxygen atoms in total. The first kappa shape index (κ1) is 16.4. The van der Waals surface area contributed by atoms with Crippen LogP contribution >= 0.6 is 0 Å². The van der Waals surface area contributed by atoms with E-state index >= 15 is 0 Å². The number of nitrogens with one attached hydrogen (secondary N) is 2. The van der Waals surface area contributed by atoms with Gasteiger partial charge in [0.1, 0.15) is 0 Å². The number of para-hydroxylation sites is 1. The summed E-state index contributed by atoms with van der Waals surface area (Å²) in [5.41, 5.74) is 8.56. The molecule has 0 saturated carbocycles. The van der Waals surface area contributed by atoms with E-state index in [0.717, 1.165) is 5.69 Å². The van der Waals surface area contributed by atoms with Crippen LogP contribution in [0.1, 0.15) is 34.0 Å². The highest BCUT2D eigenvalue weighted by Gasteiger charge is 2.21. The van der Waals surface area contributed by atoms with Gasteiger partial charge >= 0.3 is 0 Å². The minimum Gasteiger partial charge on any atom is -0.374 e. The zero-order valence-electron chi connectivity index (χ0n) is 15.4. The van der Waals surface area contributed by atoms with Crippen LogP contribution in [0, 0.1) is 20.8 Å². The summed E-state index contributed by atoms with van der Waals surface area (Å²) in [5.74, 6) is 0. The number of hydrogen-bond donors (Lipinski definition) is 2. The molecule has 0 bridgehead atoms. The third-order valence-electron chi connectivity index (χ3n) is 5.09. The Labute approximate surface area is 154 Å². The molecule has 0 aliphatic heterocycles. The van der Waals surface area contributed by atoms with Crippen LogP contribution in [0.25, 0.3) is 10.9 Å². The maximum atomic E-state index is 4.19.